The van der Waals surface area contributed by atoms with E-state index in [1.165, 1.54) is 11.8 Å². The third kappa shape index (κ3) is 6.76. The number of piperazine rings is 1. The number of anilines is 3. The topological polar surface area (TPSA) is 104 Å². The molecule has 0 unspecified atom stereocenters. The lowest BCUT2D eigenvalue weighted by Crippen LogP contribution is -2.49. The van der Waals surface area contributed by atoms with Gasteiger partial charge in [-0.3, -0.25) is 4.79 Å². The van der Waals surface area contributed by atoms with Crippen molar-refractivity contribution in [2.45, 2.75) is 56.7 Å². The molecule has 44 heavy (non-hydrogen) atoms. The molecule has 1 saturated carbocycles. The van der Waals surface area contributed by atoms with E-state index in [-0.39, 0.29) is 23.9 Å². The Kier molecular flexibility index (Phi) is 8.62. The first-order valence-electron chi connectivity index (χ1n) is 15.1. The van der Waals surface area contributed by atoms with Crippen molar-refractivity contribution in [1.29, 1.82) is 0 Å². The smallest absolute Gasteiger partial charge is 0.437 e. The minimum Gasteiger partial charge on any atom is -0.446 e. The number of piperidine rings is 1. The Morgan fingerprint density at radius 2 is 1.59 bits per heavy atom. The lowest BCUT2D eigenvalue weighted by Gasteiger charge is -2.35. The van der Waals surface area contributed by atoms with Gasteiger partial charge in [-0.1, -0.05) is 30.3 Å². The highest BCUT2D eigenvalue weighted by Crippen LogP contribution is 2.36. The SMILES string of the molecule is O=C(Nc1ccc(N2CCN(C(=O)OC3CCCC3)CC2)nc1)c1oc(N2CCC(c3ccccc3)CC2)nc1C(F)(F)F. The van der Waals surface area contributed by atoms with Gasteiger partial charge in [0.05, 0.1) is 11.9 Å². The number of benzene rings is 1. The van der Waals surface area contributed by atoms with Crippen LogP contribution in [0.3, 0.4) is 0 Å². The summed E-state index contributed by atoms with van der Waals surface area (Å²) in [6.07, 6.45) is 1.71. The van der Waals surface area contributed by atoms with Crippen LogP contribution in [0.15, 0.2) is 53.1 Å². The van der Waals surface area contributed by atoms with Crippen LogP contribution >= 0.6 is 0 Å². The Balaban J connectivity index is 1.05. The minimum absolute atomic E-state index is 0.0122. The molecule has 0 bridgehead atoms. The zero-order valence-electron chi connectivity index (χ0n) is 24.3. The molecule has 10 nitrogen and oxygen atoms in total. The van der Waals surface area contributed by atoms with Crippen LogP contribution in [0.1, 0.15) is 66.3 Å². The van der Waals surface area contributed by atoms with Gasteiger partial charge < -0.3 is 29.2 Å². The van der Waals surface area contributed by atoms with E-state index in [4.69, 9.17) is 9.15 Å². The monoisotopic (exact) mass is 612 g/mol. The minimum atomic E-state index is -4.87. The van der Waals surface area contributed by atoms with Gasteiger partial charge in [-0.15, -0.1) is 0 Å². The third-order valence-electron chi connectivity index (χ3n) is 8.56. The lowest BCUT2D eigenvalue weighted by molar-refractivity contribution is -0.141. The predicted molar refractivity (Wildman–Crippen MR) is 157 cm³/mol. The van der Waals surface area contributed by atoms with E-state index in [1.807, 2.05) is 35.2 Å². The summed E-state index contributed by atoms with van der Waals surface area (Å²) >= 11 is 0. The van der Waals surface area contributed by atoms with Crippen LogP contribution in [0.4, 0.5) is 35.5 Å². The zero-order chi connectivity index (χ0) is 30.7. The summed E-state index contributed by atoms with van der Waals surface area (Å²) in [5, 5.41) is 2.46. The molecule has 0 radical (unpaired) electrons. The van der Waals surface area contributed by atoms with E-state index in [0.717, 1.165) is 38.5 Å². The largest absolute Gasteiger partial charge is 0.446 e. The average molecular weight is 613 g/mol. The van der Waals surface area contributed by atoms with Crippen LogP contribution in [-0.2, 0) is 10.9 Å². The molecule has 3 fully saturated rings. The highest BCUT2D eigenvalue weighted by Gasteiger charge is 2.42. The Morgan fingerprint density at radius 3 is 2.23 bits per heavy atom. The quantitative estimate of drug-likeness (QED) is 0.366. The van der Waals surface area contributed by atoms with Gasteiger partial charge in [-0.05, 0) is 62.1 Å². The average Bonchev–Trinajstić information content (AvgIpc) is 3.73. The molecule has 3 aliphatic rings. The summed E-state index contributed by atoms with van der Waals surface area (Å²) in [7, 11) is 0. The third-order valence-corrected chi connectivity index (χ3v) is 8.56. The number of halogens is 3. The molecule has 2 amide bonds. The molecular weight excluding hydrogens is 577 g/mol. The number of nitrogens with one attached hydrogen (secondary N) is 1. The maximum Gasteiger partial charge on any atom is 0.437 e. The second-order valence-electron chi connectivity index (χ2n) is 11.5. The number of aromatic nitrogens is 2. The molecule has 2 saturated heterocycles. The van der Waals surface area contributed by atoms with Crippen molar-refractivity contribution in [1.82, 2.24) is 14.9 Å². The second kappa shape index (κ2) is 12.7. The van der Waals surface area contributed by atoms with Crippen molar-refractivity contribution < 1.29 is 31.9 Å². The number of alkyl halides is 3. The van der Waals surface area contributed by atoms with Crippen molar-refractivity contribution in [2.24, 2.45) is 0 Å². The zero-order valence-corrected chi connectivity index (χ0v) is 24.3. The van der Waals surface area contributed by atoms with E-state index in [1.54, 1.807) is 21.9 Å². The summed E-state index contributed by atoms with van der Waals surface area (Å²) in [5.74, 6) is -1.02. The fraction of sp³-hybridized carbons (Fsp3) is 0.484. The van der Waals surface area contributed by atoms with Crippen LogP contribution in [0.2, 0.25) is 0 Å². The van der Waals surface area contributed by atoms with E-state index in [9.17, 15) is 22.8 Å². The summed E-state index contributed by atoms with van der Waals surface area (Å²) in [6.45, 7) is 3.00. The standard InChI is InChI=1S/C31H35F3N6O4/c32-31(33,34)27-26(44-29(37-27)39-14-12-22(13-15-39)21-6-2-1-3-7-21)28(41)36-23-10-11-25(35-20-23)38-16-18-40(19-17-38)30(42)43-24-8-4-5-9-24/h1-3,6-7,10-11,20,22,24H,4-5,8-9,12-19H2,(H,36,41). The first-order chi connectivity index (χ1) is 21.2. The van der Waals surface area contributed by atoms with Crippen molar-refractivity contribution in [2.75, 3.05) is 54.4 Å². The van der Waals surface area contributed by atoms with Crippen molar-refractivity contribution in [3.63, 3.8) is 0 Å². The molecule has 1 aliphatic carbocycles. The number of rotatable bonds is 6. The second-order valence-corrected chi connectivity index (χ2v) is 11.5. The number of amides is 2. The summed E-state index contributed by atoms with van der Waals surface area (Å²) in [4.78, 5) is 38.8. The highest BCUT2D eigenvalue weighted by atomic mass is 19.4. The van der Waals surface area contributed by atoms with Gasteiger partial charge in [0, 0.05) is 39.3 Å². The normalized spacial score (nSPS) is 18.5. The number of hydrogen-bond acceptors (Lipinski definition) is 8. The van der Waals surface area contributed by atoms with Crippen LogP contribution in [-0.4, -0.2) is 72.2 Å². The maximum atomic E-state index is 13.9. The lowest BCUT2D eigenvalue weighted by atomic mass is 9.90. The van der Waals surface area contributed by atoms with Gasteiger partial charge in [-0.25, -0.2) is 9.78 Å². The molecule has 3 aromatic rings. The fourth-order valence-corrected chi connectivity index (χ4v) is 6.10. The van der Waals surface area contributed by atoms with Crippen LogP contribution in [0, 0.1) is 0 Å². The molecule has 2 aromatic heterocycles. The van der Waals surface area contributed by atoms with Crippen LogP contribution < -0.4 is 15.1 Å². The molecule has 4 heterocycles. The number of nitrogens with zero attached hydrogens (tertiary/aromatic N) is 5. The molecule has 234 valence electrons. The van der Waals surface area contributed by atoms with Gasteiger partial charge in [0.15, 0.2) is 5.69 Å². The number of ether oxygens (including phenoxy) is 1. The van der Waals surface area contributed by atoms with Crippen LogP contribution in [0.25, 0.3) is 0 Å². The van der Waals surface area contributed by atoms with Gasteiger partial charge >= 0.3 is 12.3 Å². The fourth-order valence-electron chi connectivity index (χ4n) is 6.10. The molecule has 13 heteroatoms. The van der Waals surface area contributed by atoms with Crippen molar-refractivity contribution in [3.8, 4) is 0 Å². The van der Waals surface area contributed by atoms with Crippen molar-refractivity contribution >= 4 is 29.5 Å². The number of oxazole rings is 1. The predicted octanol–water partition coefficient (Wildman–Crippen LogP) is 5.93. The number of hydrogen-bond donors (Lipinski definition) is 1. The first kappa shape index (κ1) is 29.8. The molecule has 1 N–H and O–H groups in total. The number of carbonyl (C=O) groups excluding carboxylic acids is 2. The molecule has 1 aromatic carbocycles. The van der Waals surface area contributed by atoms with E-state index in [0.29, 0.717) is 51.0 Å². The summed E-state index contributed by atoms with van der Waals surface area (Å²) in [5.41, 5.74) is 0.0492. The van der Waals surface area contributed by atoms with Gasteiger partial charge in [0.25, 0.3) is 11.9 Å². The number of carbonyl (C=O) groups is 2. The highest BCUT2D eigenvalue weighted by molar-refractivity contribution is 6.03. The van der Waals surface area contributed by atoms with Crippen molar-refractivity contribution in [3.05, 3.63) is 65.7 Å². The first-order valence-corrected chi connectivity index (χ1v) is 15.1. The Bertz CT molecular complexity index is 1430. The van der Waals surface area contributed by atoms with Gasteiger partial charge in [0.1, 0.15) is 11.9 Å². The molecule has 6 rings (SSSR count). The molecular formula is C31H35F3N6O4. The van der Waals surface area contributed by atoms with Gasteiger partial charge in [-0.2, -0.15) is 18.2 Å². The molecule has 0 spiro atoms. The van der Waals surface area contributed by atoms with E-state index >= 15 is 0 Å². The number of pyridine rings is 1. The Morgan fingerprint density at radius 1 is 0.886 bits per heavy atom. The van der Waals surface area contributed by atoms with Crippen LogP contribution in [0.5, 0.6) is 0 Å². The summed E-state index contributed by atoms with van der Waals surface area (Å²) < 4.78 is 52.7. The van der Waals surface area contributed by atoms with E-state index < -0.39 is 23.5 Å². The van der Waals surface area contributed by atoms with E-state index in [2.05, 4.69) is 15.3 Å². The maximum absolute atomic E-state index is 13.9. The molecule has 0 atom stereocenters. The molecule has 2 aliphatic heterocycles. The Labute approximate surface area is 253 Å². The van der Waals surface area contributed by atoms with Gasteiger partial charge in [0.2, 0.25) is 5.76 Å². The Hall–Kier alpha value is -4.29. The summed E-state index contributed by atoms with van der Waals surface area (Å²) in [6, 6.07) is 13.0.